The molecule has 0 saturated heterocycles. The Balaban J connectivity index is 0.00000361. The SMILES string of the molecule is CC[C@H](N)C(=O)NCc1ccccc1OC(F)(F)F.Cl. The molecule has 0 aromatic heterocycles. The highest BCUT2D eigenvalue weighted by molar-refractivity contribution is 5.85. The summed E-state index contributed by atoms with van der Waals surface area (Å²) < 4.78 is 40.4. The van der Waals surface area contributed by atoms with Gasteiger partial charge in [0.05, 0.1) is 6.04 Å². The molecule has 1 amide bonds. The van der Waals surface area contributed by atoms with E-state index in [9.17, 15) is 18.0 Å². The first kappa shape index (κ1) is 18.5. The van der Waals surface area contributed by atoms with E-state index in [2.05, 4.69) is 10.1 Å². The largest absolute Gasteiger partial charge is 0.573 e. The molecule has 0 aliphatic heterocycles. The summed E-state index contributed by atoms with van der Waals surface area (Å²) in [6, 6.07) is 4.94. The number of amides is 1. The zero-order chi connectivity index (χ0) is 14.5. The van der Waals surface area contributed by atoms with Crippen LogP contribution in [0, 0.1) is 0 Å². The number of para-hydroxylation sites is 1. The highest BCUT2D eigenvalue weighted by Crippen LogP contribution is 2.25. The number of hydrogen-bond donors (Lipinski definition) is 2. The fourth-order valence-corrected chi connectivity index (χ4v) is 1.37. The summed E-state index contributed by atoms with van der Waals surface area (Å²) in [5.74, 6) is -0.746. The van der Waals surface area contributed by atoms with E-state index in [1.54, 1.807) is 13.0 Å². The van der Waals surface area contributed by atoms with Gasteiger partial charge in [0, 0.05) is 12.1 Å². The summed E-state index contributed by atoms with van der Waals surface area (Å²) in [6.07, 6.45) is -4.31. The van der Waals surface area contributed by atoms with E-state index >= 15 is 0 Å². The second-order valence-corrected chi connectivity index (χ2v) is 3.89. The van der Waals surface area contributed by atoms with Gasteiger partial charge in [-0.15, -0.1) is 25.6 Å². The van der Waals surface area contributed by atoms with Crippen molar-refractivity contribution in [2.45, 2.75) is 32.3 Å². The van der Waals surface area contributed by atoms with E-state index in [1.165, 1.54) is 18.2 Å². The highest BCUT2D eigenvalue weighted by Gasteiger charge is 2.32. The third-order valence-electron chi connectivity index (χ3n) is 2.43. The van der Waals surface area contributed by atoms with Gasteiger partial charge in [0.2, 0.25) is 5.91 Å². The number of benzene rings is 1. The van der Waals surface area contributed by atoms with Gasteiger partial charge in [-0.1, -0.05) is 25.1 Å². The van der Waals surface area contributed by atoms with Crippen LogP contribution in [0.25, 0.3) is 0 Å². The molecule has 20 heavy (non-hydrogen) atoms. The van der Waals surface area contributed by atoms with Crippen LogP contribution < -0.4 is 15.8 Å². The van der Waals surface area contributed by atoms with Crippen molar-refractivity contribution in [3.8, 4) is 5.75 Å². The predicted octanol–water partition coefficient (Wildman–Crippen LogP) is 2.36. The topological polar surface area (TPSA) is 64.4 Å². The molecule has 0 unspecified atom stereocenters. The number of carbonyl (C=O) groups excluding carboxylic acids is 1. The minimum atomic E-state index is -4.76. The molecule has 0 fully saturated rings. The first-order chi connectivity index (χ1) is 8.83. The maximum atomic E-state index is 12.2. The molecule has 0 bridgehead atoms. The van der Waals surface area contributed by atoms with Gasteiger partial charge in [0.1, 0.15) is 5.75 Å². The Hall–Kier alpha value is -1.47. The minimum Gasteiger partial charge on any atom is -0.405 e. The molecule has 1 rings (SSSR count). The zero-order valence-electron chi connectivity index (χ0n) is 10.7. The molecular formula is C12H16ClF3N2O2. The van der Waals surface area contributed by atoms with E-state index in [1.807, 2.05) is 0 Å². The molecule has 0 saturated carbocycles. The Morgan fingerprint density at radius 1 is 1.40 bits per heavy atom. The lowest BCUT2D eigenvalue weighted by Gasteiger charge is -2.14. The maximum Gasteiger partial charge on any atom is 0.573 e. The summed E-state index contributed by atoms with van der Waals surface area (Å²) >= 11 is 0. The van der Waals surface area contributed by atoms with Crippen molar-refractivity contribution in [2.75, 3.05) is 0 Å². The summed E-state index contributed by atoms with van der Waals surface area (Å²) in [5, 5.41) is 2.46. The molecular weight excluding hydrogens is 297 g/mol. The van der Waals surface area contributed by atoms with Crippen molar-refractivity contribution in [3.63, 3.8) is 0 Å². The second kappa shape index (κ2) is 7.96. The van der Waals surface area contributed by atoms with Crippen molar-refractivity contribution in [1.29, 1.82) is 0 Å². The van der Waals surface area contributed by atoms with Crippen LogP contribution >= 0.6 is 12.4 Å². The number of halogens is 4. The predicted molar refractivity (Wildman–Crippen MR) is 70.5 cm³/mol. The average molecular weight is 313 g/mol. The van der Waals surface area contributed by atoms with Crippen LogP contribution in [0.15, 0.2) is 24.3 Å². The lowest BCUT2D eigenvalue weighted by Crippen LogP contribution is -2.39. The summed E-state index contributed by atoms with van der Waals surface area (Å²) in [6.45, 7) is 1.67. The van der Waals surface area contributed by atoms with E-state index in [0.717, 1.165) is 0 Å². The number of alkyl halides is 3. The average Bonchev–Trinajstić information content (AvgIpc) is 2.34. The number of carbonyl (C=O) groups is 1. The Morgan fingerprint density at radius 2 is 2.00 bits per heavy atom. The molecule has 1 aromatic rings. The van der Waals surface area contributed by atoms with Crippen LogP contribution in [0.3, 0.4) is 0 Å². The van der Waals surface area contributed by atoms with Gasteiger partial charge in [-0.05, 0) is 12.5 Å². The lowest BCUT2D eigenvalue weighted by molar-refractivity contribution is -0.274. The molecule has 8 heteroatoms. The molecule has 1 aromatic carbocycles. The summed E-state index contributed by atoms with van der Waals surface area (Å²) in [5.41, 5.74) is 5.73. The quantitative estimate of drug-likeness (QED) is 0.877. The molecule has 3 N–H and O–H groups in total. The van der Waals surface area contributed by atoms with Crippen LogP contribution in [0.4, 0.5) is 13.2 Å². The standard InChI is InChI=1S/C12H15F3N2O2.ClH/c1-2-9(16)11(18)17-7-8-5-3-4-6-10(8)19-12(13,14)15;/h3-6,9H,2,7,16H2,1H3,(H,17,18);1H/t9-;/m0./s1. The number of rotatable bonds is 5. The fourth-order valence-electron chi connectivity index (χ4n) is 1.37. The zero-order valence-corrected chi connectivity index (χ0v) is 11.6. The van der Waals surface area contributed by atoms with E-state index < -0.39 is 18.3 Å². The van der Waals surface area contributed by atoms with Gasteiger partial charge in [-0.25, -0.2) is 0 Å². The third kappa shape index (κ3) is 6.12. The first-order valence-electron chi connectivity index (χ1n) is 5.70. The smallest absolute Gasteiger partial charge is 0.405 e. The van der Waals surface area contributed by atoms with Crippen molar-refractivity contribution >= 4 is 18.3 Å². The van der Waals surface area contributed by atoms with E-state index in [4.69, 9.17) is 5.73 Å². The van der Waals surface area contributed by atoms with Crippen LogP contribution in [0.1, 0.15) is 18.9 Å². The lowest BCUT2D eigenvalue weighted by atomic mass is 10.2. The second-order valence-electron chi connectivity index (χ2n) is 3.89. The number of hydrogen-bond acceptors (Lipinski definition) is 3. The summed E-state index contributed by atoms with van der Waals surface area (Å²) in [4.78, 5) is 11.4. The molecule has 0 radical (unpaired) electrons. The Bertz CT molecular complexity index is 441. The summed E-state index contributed by atoms with van der Waals surface area (Å²) in [7, 11) is 0. The fraction of sp³-hybridized carbons (Fsp3) is 0.417. The van der Waals surface area contributed by atoms with Crippen molar-refractivity contribution in [1.82, 2.24) is 5.32 Å². The minimum absolute atomic E-state index is 0. The molecule has 0 heterocycles. The van der Waals surface area contributed by atoms with Crippen LogP contribution in [0.2, 0.25) is 0 Å². The number of nitrogens with one attached hydrogen (secondary N) is 1. The first-order valence-corrected chi connectivity index (χ1v) is 5.70. The number of ether oxygens (including phenoxy) is 1. The van der Waals surface area contributed by atoms with Gasteiger partial charge < -0.3 is 15.8 Å². The van der Waals surface area contributed by atoms with Crippen LogP contribution in [-0.4, -0.2) is 18.3 Å². The van der Waals surface area contributed by atoms with Crippen molar-refractivity contribution < 1.29 is 22.7 Å². The van der Waals surface area contributed by atoms with E-state index in [-0.39, 0.29) is 30.3 Å². The molecule has 0 aliphatic carbocycles. The van der Waals surface area contributed by atoms with Crippen LogP contribution in [-0.2, 0) is 11.3 Å². The molecule has 0 spiro atoms. The Morgan fingerprint density at radius 3 is 2.55 bits per heavy atom. The van der Waals surface area contributed by atoms with Gasteiger partial charge in [0.15, 0.2) is 0 Å². The molecule has 114 valence electrons. The third-order valence-corrected chi connectivity index (χ3v) is 2.43. The highest BCUT2D eigenvalue weighted by atomic mass is 35.5. The molecule has 1 atom stereocenters. The number of nitrogens with two attached hydrogens (primary N) is 1. The van der Waals surface area contributed by atoms with Gasteiger partial charge >= 0.3 is 6.36 Å². The Kier molecular flexibility index (Phi) is 7.38. The maximum absolute atomic E-state index is 12.2. The molecule has 4 nitrogen and oxygen atoms in total. The van der Waals surface area contributed by atoms with Gasteiger partial charge in [0.25, 0.3) is 0 Å². The molecule has 0 aliphatic rings. The van der Waals surface area contributed by atoms with Crippen molar-refractivity contribution in [3.05, 3.63) is 29.8 Å². The van der Waals surface area contributed by atoms with Gasteiger partial charge in [-0.3, -0.25) is 4.79 Å². The van der Waals surface area contributed by atoms with E-state index in [0.29, 0.717) is 6.42 Å². The normalized spacial score (nSPS) is 12.2. The Labute approximate surface area is 120 Å². The monoisotopic (exact) mass is 312 g/mol. The van der Waals surface area contributed by atoms with Crippen LogP contribution in [0.5, 0.6) is 5.75 Å². The van der Waals surface area contributed by atoms with Crippen molar-refractivity contribution in [2.24, 2.45) is 5.73 Å². The van der Waals surface area contributed by atoms with Gasteiger partial charge in [-0.2, -0.15) is 0 Å².